The number of nitro groups is 1. The minimum absolute atomic E-state index is 0.0333. The highest BCUT2D eigenvalue weighted by atomic mass is 16.6. The SMILES string of the molecule is N#Cc1ccnc(NCc2cccc([N+](=O)[O-])c2)n1. The van der Waals surface area contributed by atoms with Crippen LogP contribution in [0.25, 0.3) is 0 Å². The van der Waals surface area contributed by atoms with E-state index >= 15 is 0 Å². The summed E-state index contributed by atoms with van der Waals surface area (Å²) >= 11 is 0. The van der Waals surface area contributed by atoms with Crippen LogP contribution in [-0.2, 0) is 6.54 Å². The van der Waals surface area contributed by atoms with Crippen molar-refractivity contribution in [1.82, 2.24) is 9.97 Å². The molecule has 94 valence electrons. The number of hydrogen-bond donors (Lipinski definition) is 1. The van der Waals surface area contributed by atoms with Crippen LogP contribution in [0.5, 0.6) is 0 Å². The first-order valence-corrected chi connectivity index (χ1v) is 5.39. The Hall–Kier alpha value is -3.01. The van der Waals surface area contributed by atoms with E-state index in [1.54, 1.807) is 12.1 Å². The normalized spacial score (nSPS) is 9.63. The van der Waals surface area contributed by atoms with Crippen molar-refractivity contribution in [3.8, 4) is 6.07 Å². The molecule has 1 aromatic carbocycles. The van der Waals surface area contributed by atoms with Gasteiger partial charge in [-0.3, -0.25) is 10.1 Å². The van der Waals surface area contributed by atoms with Crippen molar-refractivity contribution in [1.29, 1.82) is 5.26 Å². The lowest BCUT2D eigenvalue weighted by Crippen LogP contribution is -2.04. The first kappa shape index (κ1) is 12.4. The predicted octanol–water partition coefficient (Wildman–Crippen LogP) is 1.87. The maximum atomic E-state index is 10.6. The molecule has 0 spiro atoms. The second-order valence-corrected chi connectivity index (χ2v) is 3.66. The monoisotopic (exact) mass is 255 g/mol. The van der Waals surface area contributed by atoms with Crippen LogP contribution in [-0.4, -0.2) is 14.9 Å². The van der Waals surface area contributed by atoms with E-state index in [0.29, 0.717) is 12.5 Å². The van der Waals surface area contributed by atoms with Crippen molar-refractivity contribution >= 4 is 11.6 Å². The van der Waals surface area contributed by atoms with E-state index in [1.807, 2.05) is 6.07 Å². The fourth-order valence-electron chi connectivity index (χ4n) is 1.47. The summed E-state index contributed by atoms with van der Waals surface area (Å²) in [4.78, 5) is 18.1. The maximum Gasteiger partial charge on any atom is 0.269 e. The van der Waals surface area contributed by atoms with Crippen LogP contribution in [0.2, 0.25) is 0 Å². The van der Waals surface area contributed by atoms with Crippen molar-refractivity contribution in [3.05, 3.63) is 57.9 Å². The van der Waals surface area contributed by atoms with Gasteiger partial charge in [0.15, 0.2) is 0 Å². The molecule has 0 saturated heterocycles. The molecule has 7 heteroatoms. The molecule has 0 aliphatic heterocycles. The molecule has 0 saturated carbocycles. The Morgan fingerprint density at radius 2 is 2.26 bits per heavy atom. The molecule has 1 N–H and O–H groups in total. The minimum Gasteiger partial charge on any atom is -0.350 e. The number of anilines is 1. The molecular formula is C12H9N5O2. The topological polar surface area (TPSA) is 105 Å². The predicted molar refractivity (Wildman–Crippen MR) is 67.2 cm³/mol. The second kappa shape index (κ2) is 5.55. The van der Waals surface area contributed by atoms with Gasteiger partial charge in [-0.1, -0.05) is 12.1 Å². The van der Waals surface area contributed by atoms with Crippen molar-refractivity contribution < 1.29 is 4.92 Å². The summed E-state index contributed by atoms with van der Waals surface area (Å²) in [6.07, 6.45) is 1.47. The van der Waals surface area contributed by atoms with Crippen LogP contribution in [0.3, 0.4) is 0 Å². The van der Waals surface area contributed by atoms with Crippen LogP contribution in [0.4, 0.5) is 11.6 Å². The zero-order valence-electron chi connectivity index (χ0n) is 9.78. The zero-order valence-corrected chi connectivity index (χ0v) is 9.78. The molecule has 0 bridgehead atoms. The van der Waals surface area contributed by atoms with Crippen LogP contribution in [0, 0.1) is 21.4 Å². The largest absolute Gasteiger partial charge is 0.350 e. The van der Waals surface area contributed by atoms with Gasteiger partial charge in [0.05, 0.1) is 4.92 Å². The Kier molecular flexibility index (Phi) is 3.64. The summed E-state index contributed by atoms with van der Waals surface area (Å²) in [7, 11) is 0. The Labute approximate surface area is 108 Å². The van der Waals surface area contributed by atoms with Gasteiger partial charge in [-0.25, -0.2) is 9.97 Å². The number of non-ortho nitro benzene ring substituents is 1. The van der Waals surface area contributed by atoms with E-state index in [4.69, 9.17) is 5.26 Å². The fraction of sp³-hybridized carbons (Fsp3) is 0.0833. The molecule has 0 radical (unpaired) electrons. The zero-order chi connectivity index (χ0) is 13.7. The highest BCUT2D eigenvalue weighted by Crippen LogP contribution is 2.13. The molecular weight excluding hydrogens is 246 g/mol. The van der Waals surface area contributed by atoms with Gasteiger partial charge in [0.25, 0.3) is 5.69 Å². The molecule has 2 rings (SSSR count). The number of benzene rings is 1. The smallest absolute Gasteiger partial charge is 0.269 e. The van der Waals surface area contributed by atoms with E-state index in [2.05, 4.69) is 15.3 Å². The van der Waals surface area contributed by atoms with Crippen LogP contribution < -0.4 is 5.32 Å². The molecule has 0 atom stereocenters. The second-order valence-electron chi connectivity index (χ2n) is 3.66. The average molecular weight is 255 g/mol. The molecule has 1 heterocycles. The summed E-state index contributed by atoms with van der Waals surface area (Å²) in [5.74, 6) is 0.311. The van der Waals surface area contributed by atoms with Gasteiger partial charge in [0.1, 0.15) is 11.8 Å². The number of aromatic nitrogens is 2. The highest BCUT2D eigenvalue weighted by Gasteiger charge is 2.05. The highest BCUT2D eigenvalue weighted by molar-refractivity contribution is 5.37. The van der Waals surface area contributed by atoms with Gasteiger partial charge in [-0.05, 0) is 11.6 Å². The third-order valence-electron chi connectivity index (χ3n) is 2.34. The summed E-state index contributed by atoms with van der Waals surface area (Å²) in [5.41, 5.74) is 1.03. The van der Waals surface area contributed by atoms with Gasteiger partial charge >= 0.3 is 0 Å². The average Bonchev–Trinajstić information content (AvgIpc) is 2.45. The maximum absolute atomic E-state index is 10.6. The Bertz CT molecular complexity index is 651. The minimum atomic E-state index is -0.448. The van der Waals surface area contributed by atoms with Crippen molar-refractivity contribution in [2.24, 2.45) is 0 Å². The summed E-state index contributed by atoms with van der Waals surface area (Å²) in [6.45, 7) is 0.344. The third-order valence-corrected chi connectivity index (χ3v) is 2.34. The van der Waals surface area contributed by atoms with E-state index in [-0.39, 0.29) is 11.4 Å². The van der Waals surface area contributed by atoms with Gasteiger partial charge in [-0.2, -0.15) is 5.26 Å². The Balaban J connectivity index is 2.08. The number of nitriles is 1. The molecule has 0 aliphatic carbocycles. The lowest BCUT2D eigenvalue weighted by Gasteiger charge is -2.04. The van der Waals surface area contributed by atoms with Crippen molar-refractivity contribution in [3.63, 3.8) is 0 Å². The standard InChI is InChI=1S/C12H9N5O2/c13-7-10-4-5-14-12(16-10)15-8-9-2-1-3-11(6-9)17(18)19/h1-6H,8H2,(H,14,15,16). The molecule has 19 heavy (non-hydrogen) atoms. The molecule has 2 aromatic rings. The lowest BCUT2D eigenvalue weighted by molar-refractivity contribution is -0.384. The van der Waals surface area contributed by atoms with Gasteiger partial charge in [0, 0.05) is 24.9 Å². The quantitative estimate of drug-likeness (QED) is 0.660. The van der Waals surface area contributed by atoms with E-state index in [9.17, 15) is 10.1 Å². The fourth-order valence-corrected chi connectivity index (χ4v) is 1.47. The molecule has 0 aliphatic rings. The first-order valence-electron chi connectivity index (χ1n) is 5.39. The van der Waals surface area contributed by atoms with Gasteiger partial charge in [0.2, 0.25) is 5.95 Å². The third kappa shape index (κ3) is 3.23. The lowest BCUT2D eigenvalue weighted by atomic mass is 10.2. The summed E-state index contributed by atoms with van der Waals surface area (Å²) in [6, 6.07) is 9.68. The van der Waals surface area contributed by atoms with E-state index in [0.717, 1.165) is 5.56 Å². The Morgan fingerprint density at radius 1 is 1.42 bits per heavy atom. The van der Waals surface area contributed by atoms with Crippen LogP contribution in [0.1, 0.15) is 11.3 Å². The first-order chi connectivity index (χ1) is 9.19. The van der Waals surface area contributed by atoms with Crippen molar-refractivity contribution in [2.75, 3.05) is 5.32 Å². The molecule has 1 aromatic heterocycles. The molecule has 7 nitrogen and oxygen atoms in total. The van der Waals surface area contributed by atoms with Gasteiger partial charge in [-0.15, -0.1) is 0 Å². The number of nitrogens with one attached hydrogen (secondary N) is 1. The Morgan fingerprint density at radius 3 is 3.00 bits per heavy atom. The van der Waals surface area contributed by atoms with E-state index in [1.165, 1.54) is 24.4 Å². The molecule has 0 fully saturated rings. The molecule has 0 unspecified atom stereocenters. The van der Waals surface area contributed by atoms with E-state index < -0.39 is 4.92 Å². The number of rotatable bonds is 4. The number of nitro benzene ring substituents is 1. The number of nitrogens with zero attached hydrogens (tertiary/aromatic N) is 4. The molecule has 0 amide bonds. The van der Waals surface area contributed by atoms with Gasteiger partial charge < -0.3 is 5.32 Å². The van der Waals surface area contributed by atoms with Crippen molar-refractivity contribution in [2.45, 2.75) is 6.54 Å². The van der Waals surface area contributed by atoms with Crippen LogP contribution in [0.15, 0.2) is 36.5 Å². The summed E-state index contributed by atoms with van der Waals surface area (Å²) in [5, 5.41) is 22.2. The van der Waals surface area contributed by atoms with Crippen LogP contribution >= 0.6 is 0 Å². The number of hydrogen-bond acceptors (Lipinski definition) is 6. The summed E-state index contributed by atoms with van der Waals surface area (Å²) < 4.78 is 0.